The Balaban J connectivity index is 1.38. The number of nitrogens with zero attached hydrogens (tertiary/aromatic N) is 5. The molecule has 1 aromatic carbocycles. The largest absolute Gasteiger partial charge is 0.497 e. The molecule has 2 saturated heterocycles. The molecule has 28 heavy (non-hydrogen) atoms. The molecule has 0 N–H and O–H groups in total. The number of ether oxygens (including phenoxy) is 2. The molecule has 0 amide bonds. The minimum absolute atomic E-state index is 0.858. The van der Waals surface area contributed by atoms with Gasteiger partial charge in [-0.05, 0) is 31.0 Å². The Morgan fingerprint density at radius 1 is 0.821 bits per heavy atom. The van der Waals surface area contributed by atoms with E-state index in [-0.39, 0.29) is 0 Å². The van der Waals surface area contributed by atoms with E-state index >= 15 is 0 Å². The first-order chi connectivity index (χ1) is 13.8. The summed E-state index contributed by atoms with van der Waals surface area (Å²) in [5, 5.41) is 0. The normalized spacial score (nSPS) is 17.8. The molecule has 3 heterocycles. The van der Waals surface area contributed by atoms with Crippen molar-refractivity contribution in [1.29, 1.82) is 0 Å². The zero-order valence-corrected chi connectivity index (χ0v) is 16.8. The number of hydrogen-bond acceptors (Lipinski definition) is 7. The van der Waals surface area contributed by atoms with Gasteiger partial charge >= 0.3 is 0 Å². The second kappa shape index (κ2) is 8.65. The maximum atomic E-state index is 5.52. The van der Waals surface area contributed by atoms with Crippen molar-refractivity contribution in [3.05, 3.63) is 36.2 Å². The molecule has 0 unspecified atom stereocenters. The smallest absolute Gasteiger partial charge is 0.134 e. The van der Waals surface area contributed by atoms with E-state index in [0.717, 1.165) is 74.5 Å². The summed E-state index contributed by atoms with van der Waals surface area (Å²) in [6.07, 6.45) is 4.22. The third-order valence-electron chi connectivity index (χ3n) is 5.65. The van der Waals surface area contributed by atoms with Crippen LogP contribution in [-0.4, -0.2) is 68.4 Å². The number of anilines is 2. The predicted molar refractivity (Wildman–Crippen MR) is 111 cm³/mol. The topological polar surface area (TPSA) is 54.0 Å². The van der Waals surface area contributed by atoms with Crippen molar-refractivity contribution in [2.75, 3.05) is 63.3 Å². The van der Waals surface area contributed by atoms with Crippen LogP contribution in [0.2, 0.25) is 0 Å². The second-order valence-corrected chi connectivity index (χ2v) is 7.37. The average molecular weight is 383 g/mol. The highest BCUT2D eigenvalue weighted by Crippen LogP contribution is 2.26. The van der Waals surface area contributed by atoms with Crippen molar-refractivity contribution in [2.24, 2.45) is 0 Å². The van der Waals surface area contributed by atoms with Crippen LogP contribution in [0.4, 0.5) is 11.6 Å². The average Bonchev–Trinajstić information content (AvgIpc) is 3.29. The number of hydrogen-bond donors (Lipinski definition) is 0. The monoisotopic (exact) mass is 383 g/mol. The molecule has 0 atom stereocenters. The van der Waals surface area contributed by atoms with Gasteiger partial charge in [-0.3, -0.25) is 4.90 Å². The fourth-order valence-electron chi connectivity index (χ4n) is 4.01. The van der Waals surface area contributed by atoms with Crippen molar-refractivity contribution in [2.45, 2.75) is 19.4 Å². The highest BCUT2D eigenvalue weighted by Gasteiger charge is 2.21. The predicted octanol–water partition coefficient (Wildman–Crippen LogP) is 2.42. The lowest BCUT2D eigenvalue weighted by atomic mass is 10.1. The summed E-state index contributed by atoms with van der Waals surface area (Å²) in [6, 6.07) is 8.13. The Hall–Kier alpha value is -2.54. The maximum Gasteiger partial charge on any atom is 0.134 e. The molecule has 7 nitrogen and oxygen atoms in total. The molecule has 0 bridgehead atoms. The van der Waals surface area contributed by atoms with Crippen molar-refractivity contribution in [3.63, 3.8) is 0 Å². The highest BCUT2D eigenvalue weighted by atomic mass is 16.5. The van der Waals surface area contributed by atoms with E-state index in [0.29, 0.717) is 0 Å². The van der Waals surface area contributed by atoms with Crippen LogP contribution in [-0.2, 0) is 6.54 Å². The SMILES string of the molecule is COc1ccc(OC)c(CN2CCN(c3cc(N4CCCC4)ncn3)CC2)c1. The number of rotatable bonds is 6. The van der Waals surface area contributed by atoms with Gasteiger partial charge in [0.15, 0.2) is 0 Å². The number of methoxy groups -OCH3 is 2. The van der Waals surface area contributed by atoms with E-state index in [2.05, 4.69) is 36.8 Å². The summed E-state index contributed by atoms with van der Waals surface area (Å²) in [4.78, 5) is 16.2. The fourth-order valence-corrected chi connectivity index (χ4v) is 4.01. The van der Waals surface area contributed by atoms with Gasteiger partial charge in [0.25, 0.3) is 0 Å². The Kier molecular flexibility index (Phi) is 5.81. The lowest BCUT2D eigenvalue weighted by molar-refractivity contribution is 0.245. The summed E-state index contributed by atoms with van der Waals surface area (Å²) < 4.78 is 10.9. The minimum atomic E-state index is 0.858. The summed E-state index contributed by atoms with van der Waals surface area (Å²) in [6.45, 7) is 6.97. The van der Waals surface area contributed by atoms with Crippen LogP contribution in [0.25, 0.3) is 0 Å². The summed E-state index contributed by atoms with van der Waals surface area (Å²) in [7, 11) is 3.42. The molecule has 2 aliphatic heterocycles. The Morgan fingerprint density at radius 2 is 1.50 bits per heavy atom. The van der Waals surface area contributed by atoms with Crippen LogP contribution in [0.5, 0.6) is 11.5 Å². The van der Waals surface area contributed by atoms with E-state index < -0.39 is 0 Å². The van der Waals surface area contributed by atoms with Crippen LogP contribution < -0.4 is 19.3 Å². The first kappa shape index (κ1) is 18.8. The molecule has 0 saturated carbocycles. The van der Waals surface area contributed by atoms with Gasteiger partial charge in [0.1, 0.15) is 29.5 Å². The fraction of sp³-hybridized carbons (Fsp3) is 0.524. The van der Waals surface area contributed by atoms with Gasteiger partial charge in [-0.1, -0.05) is 0 Å². The molecule has 2 fully saturated rings. The molecule has 2 aromatic rings. The van der Waals surface area contributed by atoms with Gasteiger partial charge in [0.2, 0.25) is 0 Å². The van der Waals surface area contributed by atoms with Crippen molar-refractivity contribution in [1.82, 2.24) is 14.9 Å². The third-order valence-corrected chi connectivity index (χ3v) is 5.65. The van der Waals surface area contributed by atoms with Crippen LogP contribution in [0.1, 0.15) is 18.4 Å². The Bertz CT molecular complexity index is 786. The van der Waals surface area contributed by atoms with E-state index in [1.807, 2.05) is 12.1 Å². The third kappa shape index (κ3) is 4.14. The van der Waals surface area contributed by atoms with E-state index in [9.17, 15) is 0 Å². The summed E-state index contributed by atoms with van der Waals surface area (Å²) >= 11 is 0. The summed E-state index contributed by atoms with van der Waals surface area (Å²) in [5.74, 6) is 3.88. The number of piperazine rings is 1. The van der Waals surface area contributed by atoms with Gasteiger partial charge in [-0.15, -0.1) is 0 Å². The minimum Gasteiger partial charge on any atom is -0.497 e. The number of benzene rings is 1. The van der Waals surface area contributed by atoms with Gasteiger partial charge in [0.05, 0.1) is 14.2 Å². The van der Waals surface area contributed by atoms with Crippen LogP contribution >= 0.6 is 0 Å². The lowest BCUT2D eigenvalue weighted by Crippen LogP contribution is -2.46. The second-order valence-electron chi connectivity index (χ2n) is 7.37. The van der Waals surface area contributed by atoms with E-state index in [4.69, 9.17) is 9.47 Å². The van der Waals surface area contributed by atoms with Crippen LogP contribution in [0.3, 0.4) is 0 Å². The molecule has 150 valence electrons. The van der Waals surface area contributed by atoms with E-state index in [1.165, 1.54) is 12.8 Å². The lowest BCUT2D eigenvalue weighted by Gasteiger charge is -2.35. The molecule has 1 aromatic heterocycles. The van der Waals surface area contributed by atoms with Crippen LogP contribution in [0.15, 0.2) is 30.6 Å². The van der Waals surface area contributed by atoms with Gasteiger partial charge < -0.3 is 19.3 Å². The highest BCUT2D eigenvalue weighted by molar-refractivity contribution is 5.51. The van der Waals surface area contributed by atoms with Crippen molar-refractivity contribution >= 4 is 11.6 Å². The van der Waals surface area contributed by atoms with Gasteiger partial charge in [-0.25, -0.2) is 9.97 Å². The quantitative estimate of drug-likeness (QED) is 0.759. The Morgan fingerprint density at radius 3 is 2.14 bits per heavy atom. The first-order valence-electron chi connectivity index (χ1n) is 10.0. The molecule has 2 aliphatic rings. The zero-order valence-electron chi connectivity index (χ0n) is 16.8. The number of aromatic nitrogens is 2. The zero-order chi connectivity index (χ0) is 19.3. The summed E-state index contributed by atoms with van der Waals surface area (Å²) in [5.41, 5.74) is 1.16. The standard InChI is InChI=1S/C21H29N5O2/c1-27-18-5-6-19(28-2)17(13-18)15-24-9-11-26(12-10-24)21-14-20(22-16-23-21)25-7-3-4-8-25/h5-6,13-14,16H,3-4,7-12,15H2,1-2H3. The molecule has 4 rings (SSSR count). The maximum absolute atomic E-state index is 5.52. The van der Waals surface area contributed by atoms with Crippen molar-refractivity contribution in [3.8, 4) is 11.5 Å². The molecule has 0 aliphatic carbocycles. The van der Waals surface area contributed by atoms with Gasteiger partial charge in [0, 0.05) is 57.4 Å². The van der Waals surface area contributed by atoms with Gasteiger partial charge in [-0.2, -0.15) is 0 Å². The molecule has 7 heteroatoms. The molecule has 0 radical (unpaired) electrons. The Labute approximate surface area is 166 Å². The van der Waals surface area contributed by atoms with Crippen LogP contribution in [0, 0.1) is 0 Å². The first-order valence-corrected chi connectivity index (χ1v) is 10.0. The molecule has 0 spiro atoms. The molecular weight excluding hydrogens is 354 g/mol. The molecular formula is C21H29N5O2. The van der Waals surface area contributed by atoms with Crippen molar-refractivity contribution < 1.29 is 9.47 Å². The van der Waals surface area contributed by atoms with E-state index in [1.54, 1.807) is 20.5 Å².